The highest BCUT2D eigenvalue weighted by Gasteiger charge is 2.13. The van der Waals surface area contributed by atoms with E-state index in [2.05, 4.69) is 45.0 Å². The van der Waals surface area contributed by atoms with Gasteiger partial charge in [-0.25, -0.2) is 0 Å². The molecule has 1 atom stereocenters. The molecule has 1 N–H and O–H groups in total. The second kappa shape index (κ2) is 6.35. The molecular weight excluding hydrogens is 224 g/mol. The van der Waals surface area contributed by atoms with Crippen LogP contribution >= 0.6 is 0 Å². The van der Waals surface area contributed by atoms with Crippen LogP contribution in [-0.2, 0) is 16.6 Å². The first kappa shape index (κ1) is 15.2. The van der Waals surface area contributed by atoms with E-state index in [1.165, 1.54) is 5.56 Å². The second-order valence-electron chi connectivity index (χ2n) is 6.19. The minimum absolute atomic E-state index is 0.169. The van der Waals surface area contributed by atoms with Gasteiger partial charge in [-0.3, -0.25) is 0 Å². The van der Waals surface area contributed by atoms with Gasteiger partial charge in [0, 0.05) is 6.42 Å². The van der Waals surface area contributed by atoms with E-state index in [0.717, 1.165) is 5.56 Å². The zero-order valence-electron chi connectivity index (χ0n) is 12.2. The van der Waals surface area contributed by atoms with Crippen molar-refractivity contribution in [3.63, 3.8) is 0 Å². The Bertz CT molecular complexity index is 346. The quantitative estimate of drug-likeness (QED) is 0.868. The zero-order chi connectivity index (χ0) is 13.8. The molecule has 1 rings (SSSR count). The summed E-state index contributed by atoms with van der Waals surface area (Å²) in [6.07, 6.45) is 0.396. The lowest BCUT2D eigenvalue weighted by Gasteiger charge is -2.19. The van der Waals surface area contributed by atoms with E-state index >= 15 is 0 Å². The first-order chi connectivity index (χ1) is 8.29. The Kier molecular flexibility index (Phi) is 5.36. The van der Waals surface area contributed by atoms with E-state index in [1.54, 1.807) is 0 Å². The standard InChI is InChI=1S/C16H26O2/c1-12(2)18-11-15(17)10-13-6-8-14(9-7-13)16(3,4)5/h6-9,12,15,17H,10-11H2,1-5H3. The Balaban J connectivity index is 2.53. The van der Waals surface area contributed by atoms with Crippen molar-refractivity contribution in [2.24, 2.45) is 0 Å². The van der Waals surface area contributed by atoms with Gasteiger partial charge in [0.15, 0.2) is 0 Å². The molecule has 1 unspecified atom stereocenters. The van der Waals surface area contributed by atoms with Gasteiger partial charge < -0.3 is 9.84 Å². The predicted molar refractivity (Wildman–Crippen MR) is 75.9 cm³/mol. The van der Waals surface area contributed by atoms with Crippen LogP contribution in [0.1, 0.15) is 45.7 Å². The fourth-order valence-corrected chi connectivity index (χ4v) is 1.78. The Morgan fingerprint density at radius 1 is 1.11 bits per heavy atom. The molecule has 2 nitrogen and oxygen atoms in total. The maximum absolute atomic E-state index is 9.86. The van der Waals surface area contributed by atoms with Crippen molar-refractivity contribution in [3.8, 4) is 0 Å². The minimum Gasteiger partial charge on any atom is -0.390 e. The van der Waals surface area contributed by atoms with Crippen LogP contribution in [0.4, 0.5) is 0 Å². The smallest absolute Gasteiger partial charge is 0.0814 e. The molecule has 0 saturated heterocycles. The van der Waals surface area contributed by atoms with Crippen LogP contribution in [-0.4, -0.2) is 23.9 Å². The molecule has 2 heteroatoms. The van der Waals surface area contributed by atoms with Gasteiger partial charge in [-0.1, -0.05) is 45.0 Å². The average molecular weight is 250 g/mol. The summed E-state index contributed by atoms with van der Waals surface area (Å²) in [6, 6.07) is 8.48. The number of aliphatic hydroxyl groups excluding tert-OH is 1. The first-order valence-corrected chi connectivity index (χ1v) is 6.68. The van der Waals surface area contributed by atoms with Gasteiger partial charge in [0.25, 0.3) is 0 Å². The van der Waals surface area contributed by atoms with Crippen molar-refractivity contribution < 1.29 is 9.84 Å². The van der Waals surface area contributed by atoms with Gasteiger partial charge >= 0.3 is 0 Å². The highest BCUT2D eigenvalue weighted by atomic mass is 16.5. The molecule has 0 aromatic heterocycles. The van der Waals surface area contributed by atoms with Crippen LogP contribution in [0.3, 0.4) is 0 Å². The summed E-state index contributed by atoms with van der Waals surface area (Å²) in [5.41, 5.74) is 2.65. The molecule has 0 radical (unpaired) electrons. The third-order valence-electron chi connectivity index (χ3n) is 2.91. The molecule has 0 amide bonds. The normalized spacial score (nSPS) is 13.9. The van der Waals surface area contributed by atoms with Gasteiger partial charge in [-0.15, -0.1) is 0 Å². The Morgan fingerprint density at radius 2 is 1.67 bits per heavy atom. The monoisotopic (exact) mass is 250 g/mol. The molecule has 0 aliphatic heterocycles. The van der Waals surface area contributed by atoms with Gasteiger partial charge in [-0.05, 0) is 30.4 Å². The summed E-state index contributed by atoms with van der Waals surface area (Å²) in [5, 5.41) is 9.86. The number of rotatable bonds is 5. The number of benzene rings is 1. The topological polar surface area (TPSA) is 29.5 Å². The molecule has 0 aliphatic rings. The van der Waals surface area contributed by atoms with Crippen LogP contribution in [0.15, 0.2) is 24.3 Å². The number of ether oxygens (including phenoxy) is 1. The third kappa shape index (κ3) is 5.19. The van der Waals surface area contributed by atoms with Crippen molar-refractivity contribution in [3.05, 3.63) is 35.4 Å². The van der Waals surface area contributed by atoms with Crippen molar-refractivity contribution in [1.82, 2.24) is 0 Å². The van der Waals surface area contributed by atoms with Crippen molar-refractivity contribution >= 4 is 0 Å². The highest BCUT2D eigenvalue weighted by molar-refractivity contribution is 5.27. The Morgan fingerprint density at radius 3 is 2.11 bits per heavy atom. The van der Waals surface area contributed by atoms with Crippen molar-refractivity contribution in [1.29, 1.82) is 0 Å². The van der Waals surface area contributed by atoms with E-state index in [4.69, 9.17) is 4.74 Å². The highest BCUT2D eigenvalue weighted by Crippen LogP contribution is 2.22. The van der Waals surface area contributed by atoms with Crippen LogP contribution < -0.4 is 0 Å². The predicted octanol–water partition coefficient (Wildman–Crippen LogP) is 3.31. The minimum atomic E-state index is -0.423. The molecule has 0 aliphatic carbocycles. The molecule has 0 heterocycles. The lowest BCUT2D eigenvalue weighted by molar-refractivity contribution is 0.00621. The summed E-state index contributed by atoms with van der Waals surface area (Å²) in [7, 11) is 0. The van der Waals surface area contributed by atoms with Crippen LogP contribution in [0.25, 0.3) is 0 Å². The molecule has 1 aromatic carbocycles. The van der Waals surface area contributed by atoms with Crippen LogP contribution in [0.5, 0.6) is 0 Å². The van der Waals surface area contributed by atoms with Gasteiger partial charge in [0.2, 0.25) is 0 Å². The zero-order valence-corrected chi connectivity index (χ0v) is 12.2. The van der Waals surface area contributed by atoms with E-state index in [-0.39, 0.29) is 11.5 Å². The summed E-state index contributed by atoms with van der Waals surface area (Å²) in [5.74, 6) is 0. The molecular formula is C16H26O2. The Labute approximate surface area is 111 Å². The Hall–Kier alpha value is -0.860. The third-order valence-corrected chi connectivity index (χ3v) is 2.91. The first-order valence-electron chi connectivity index (χ1n) is 6.68. The molecule has 1 aromatic rings. The average Bonchev–Trinajstić information content (AvgIpc) is 2.26. The maximum atomic E-state index is 9.86. The molecule has 0 spiro atoms. The number of hydrogen-bond acceptors (Lipinski definition) is 2. The fraction of sp³-hybridized carbons (Fsp3) is 0.625. The lowest BCUT2D eigenvalue weighted by Crippen LogP contribution is -2.20. The van der Waals surface area contributed by atoms with E-state index < -0.39 is 6.10 Å². The number of aliphatic hydroxyl groups is 1. The molecule has 102 valence electrons. The second-order valence-corrected chi connectivity index (χ2v) is 6.19. The van der Waals surface area contributed by atoms with Gasteiger partial charge in [0.05, 0.1) is 18.8 Å². The number of hydrogen-bond donors (Lipinski definition) is 1. The SMILES string of the molecule is CC(C)OCC(O)Cc1ccc(C(C)(C)C)cc1. The molecule has 18 heavy (non-hydrogen) atoms. The van der Waals surface area contributed by atoms with Crippen molar-refractivity contribution in [2.75, 3.05) is 6.61 Å². The lowest BCUT2D eigenvalue weighted by atomic mass is 9.86. The largest absolute Gasteiger partial charge is 0.390 e. The molecule has 0 fully saturated rings. The summed E-state index contributed by atoms with van der Waals surface area (Å²) >= 11 is 0. The van der Waals surface area contributed by atoms with Crippen molar-refractivity contribution in [2.45, 2.75) is 58.7 Å². The van der Waals surface area contributed by atoms with Gasteiger partial charge in [-0.2, -0.15) is 0 Å². The molecule has 0 bridgehead atoms. The van der Waals surface area contributed by atoms with E-state index in [9.17, 15) is 5.11 Å². The van der Waals surface area contributed by atoms with Crippen LogP contribution in [0.2, 0.25) is 0 Å². The van der Waals surface area contributed by atoms with Gasteiger partial charge in [0.1, 0.15) is 0 Å². The summed E-state index contributed by atoms with van der Waals surface area (Å²) in [4.78, 5) is 0. The summed E-state index contributed by atoms with van der Waals surface area (Å²) < 4.78 is 5.40. The fourth-order valence-electron chi connectivity index (χ4n) is 1.78. The van der Waals surface area contributed by atoms with E-state index in [1.807, 2.05) is 13.8 Å². The molecule has 0 saturated carbocycles. The van der Waals surface area contributed by atoms with E-state index in [0.29, 0.717) is 13.0 Å². The summed E-state index contributed by atoms with van der Waals surface area (Å²) in [6.45, 7) is 11.0. The maximum Gasteiger partial charge on any atom is 0.0814 e. The van der Waals surface area contributed by atoms with Crippen LogP contribution in [0, 0.1) is 0 Å².